The second-order valence-corrected chi connectivity index (χ2v) is 11.0. The smallest absolute Gasteiger partial charge is 0.243 e. The average Bonchev–Trinajstić information content (AvgIpc) is 2.89. The molecule has 2 atom stereocenters. The van der Waals surface area contributed by atoms with Crippen LogP contribution in [0.15, 0.2) is 72.8 Å². The molecule has 2 amide bonds. The fourth-order valence-corrected chi connectivity index (χ4v) is 5.24. The predicted octanol–water partition coefficient (Wildman–Crippen LogP) is 7.09. The summed E-state index contributed by atoms with van der Waals surface area (Å²) >= 11 is 14.0. The number of benzene rings is 3. The highest BCUT2D eigenvalue weighted by molar-refractivity contribution is 7.99. The average molecular weight is 558 g/mol. The lowest BCUT2D eigenvalue weighted by atomic mass is 10.0. The molecule has 4 nitrogen and oxygen atoms in total. The van der Waals surface area contributed by atoms with Gasteiger partial charge in [0.15, 0.2) is 0 Å². The standard InChI is InChI=1S/C30H34Cl2N2O2S/c1-4-22(3)33-30(36)28(17-23-11-6-5-7-12-23)34(18-24-14-15-26(31)27(32)16-24)29(35)20-37-19-25-13-9-8-10-21(25)2/h5-16,22,28H,4,17-20H2,1-3H3,(H,33,36). The van der Waals surface area contributed by atoms with E-state index in [9.17, 15) is 9.59 Å². The summed E-state index contributed by atoms with van der Waals surface area (Å²) in [6.45, 7) is 6.33. The van der Waals surface area contributed by atoms with Gasteiger partial charge in [-0.2, -0.15) is 0 Å². The van der Waals surface area contributed by atoms with E-state index in [1.807, 2.05) is 62.4 Å². The van der Waals surface area contributed by atoms with Crippen molar-refractivity contribution in [2.24, 2.45) is 0 Å². The van der Waals surface area contributed by atoms with Crippen LogP contribution in [0.3, 0.4) is 0 Å². The predicted molar refractivity (Wildman–Crippen MR) is 156 cm³/mol. The first-order valence-electron chi connectivity index (χ1n) is 12.5. The number of hydrogen-bond acceptors (Lipinski definition) is 3. The molecule has 0 bridgehead atoms. The van der Waals surface area contributed by atoms with E-state index in [0.29, 0.717) is 16.5 Å². The first-order chi connectivity index (χ1) is 17.8. The van der Waals surface area contributed by atoms with Crippen LogP contribution in [0.4, 0.5) is 0 Å². The third kappa shape index (κ3) is 8.80. The second-order valence-electron chi connectivity index (χ2n) is 9.21. The molecule has 3 rings (SSSR count). The number of amides is 2. The van der Waals surface area contributed by atoms with Crippen molar-refractivity contribution >= 4 is 46.8 Å². The van der Waals surface area contributed by atoms with Gasteiger partial charge in [0.1, 0.15) is 6.04 Å². The Morgan fingerprint density at radius 1 is 0.946 bits per heavy atom. The number of aryl methyl sites for hydroxylation is 1. The van der Waals surface area contributed by atoms with Crippen LogP contribution in [-0.4, -0.2) is 34.6 Å². The molecule has 0 aliphatic rings. The molecule has 0 saturated heterocycles. The van der Waals surface area contributed by atoms with Gasteiger partial charge < -0.3 is 10.2 Å². The quantitative estimate of drug-likeness (QED) is 0.259. The minimum atomic E-state index is -0.669. The number of carbonyl (C=O) groups excluding carboxylic acids is 2. The number of nitrogens with one attached hydrogen (secondary N) is 1. The highest BCUT2D eigenvalue weighted by atomic mass is 35.5. The molecular formula is C30H34Cl2N2O2S. The van der Waals surface area contributed by atoms with E-state index in [1.165, 1.54) is 11.1 Å². The van der Waals surface area contributed by atoms with Crippen LogP contribution in [0, 0.1) is 6.92 Å². The van der Waals surface area contributed by atoms with Crippen LogP contribution in [0.1, 0.15) is 42.5 Å². The molecule has 0 aromatic heterocycles. The third-order valence-corrected chi connectivity index (χ3v) is 8.06. The molecule has 1 N–H and O–H groups in total. The van der Waals surface area contributed by atoms with Crippen LogP contribution in [0.5, 0.6) is 0 Å². The molecule has 0 aliphatic carbocycles. The maximum atomic E-state index is 13.7. The largest absolute Gasteiger partial charge is 0.352 e. The van der Waals surface area contributed by atoms with E-state index in [2.05, 4.69) is 24.4 Å². The fourth-order valence-electron chi connectivity index (χ4n) is 3.93. The molecule has 0 radical (unpaired) electrons. The zero-order valence-corrected chi connectivity index (χ0v) is 23.9. The highest BCUT2D eigenvalue weighted by Crippen LogP contribution is 2.25. The van der Waals surface area contributed by atoms with Crippen molar-refractivity contribution < 1.29 is 9.59 Å². The topological polar surface area (TPSA) is 49.4 Å². The first kappa shape index (κ1) is 29.1. The molecule has 7 heteroatoms. The zero-order valence-electron chi connectivity index (χ0n) is 21.5. The monoisotopic (exact) mass is 556 g/mol. The minimum absolute atomic E-state index is 0.00290. The molecule has 196 valence electrons. The van der Waals surface area contributed by atoms with Crippen molar-refractivity contribution in [1.82, 2.24) is 10.2 Å². The van der Waals surface area contributed by atoms with Crippen molar-refractivity contribution in [2.75, 3.05) is 5.75 Å². The van der Waals surface area contributed by atoms with Crippen LogP contribution in [0.2, 0.25) is 10.0 Å². The Hall–Kier alpha value is -2.47. The lowest BCUT2D eigenvalue weighted by molar-refractivity contribution is -0.139. The number of thioether (sulfide) groups is 1. The van der Waals surface area contributed by atoms with E-state index in [-0.39, 0.29) is 30.2 Å². The van der Waals surface area contributed by atoms with Gasteiger partial charge in [0, 0.05) is 24.8 Å². The van der Waals surface area contributed by atoms with Crippen molar-refractivity contribution in [3.05, 3.63) is 105 Å². The molecule has 0 fully saturated rings. The van der Waals surface area contributed by atoms with Gasteiger partial charge in [-0.3, -0.25) is 9.59 Å². The van der Waals surface area contributed by atoms with Gasteiger partial charge in [-0.05, 0) is 54.7 Å². The van der Waals surface area contributed by atoms with Gasteiger partial charge >= 0.3 is 0 Å². The Morgan fingerprint density at radius 2 is 1.65 bits per heavy atom. The van der Waals surface area contributed by atoms with E-state index >= 15 is 0 Å². The summed E-state index contributed by atoms with van der Waals surface area (Å²) in [6, 6.07) is 22.6. The van der Waals surface area contributed by atoms with Gasteiger partial charge in [-0.1, -0.05) is 90.8 Å². The summed E-state index contributed by atoms with van der Waals surface area (Å²) in [5.41, 5.74) is 4.21. The van der Waals surface area contributed by atoms with Gasteiger partial charge in [0.2, 0.25) is 11.8 Å². The van der Waals surface area contributed by atoms with Crippen molar-refractivity contribution in [3.8, 4) is 0 Å². The molecule has 0 spiro atoms. The van der Waals surface area contributed by atoms with Crippen LogP contribution >= 0.6 is 35.0 Å². The Bertz CT molecular complexity index is 1190. The Balaban J connectivity index is 1.89. The van der Waals surface area contributed by atoms with Crippen molar-refractivity contribution in [3.63, 3.8) is 0 Å². The molecule has 0 aliphatic heterocycles. The molecule has 3 aromatic rings. The summed E-state index contributed by atoms with van der Waals surface area (Å²) in [5, 5.41) is 3.97. The zero-order chi connectivity index (χ0) is 26.8. The minimum Gasteiger partial charge on any atom is -0.352 e. The molecule has 2 unspecified atom stereocenters. The Labute approximate surface area is 234 Å². The number of carbonyl (C=O) groups is 2. The van der Waals surface area contributed by atoms with Gasteiger partial charge in [0.05, 0.1) is 15.8 Å². The lowest BCUT2D eigenvalue weighted by Crippen LogP contribution is -2.52. The molecule has 0 heterocycles. The van der Waals surface area contributed by atoms with E-state index in [0.717, 1.165) is 23.3 Å². The van der Waals surface area contributed by atoms with Crippen LogP contribution in [0.25, 0.3) is 0 Å². The number of halogens is 2. The van der Waals surface area contributed by atoms with Gasteiger partial charge in [-0.25, -0.2) is 0 Å². The summed E-state index contributed by atoms with van der Waals surface area (Å²) in [5.74, 6) is 0.735. The van der Waals surface area contributed by atoms with Crippen LogP contribution < -0.4 is 5.32 Å². The lowest BCUT2D eigenvalue weighted by Gasteiger charge is -2.32. The fraction of sp³-hybridized carbons (Fsp3) is 0.333. The molecule has 37 heavy (non-hydrogen) atoms. The van der Waals surface area contributed by atoms with Crippen molar-refractivity contribution in [1.29, 1.82) is 0 Å². The Morgan fingerprint density at radius 3 is 2.32 bits per heavy atom. The van der Waals surface area contributed by atoms with E-state index in [1.54, 1.807) is 28.8 Å². The first-order valence-corrected chi connectivity index (χ1v) is 14.4. The van der Waals surface area contributed by atoms with Gasteiger partial charge in [-0.15, -0.1) is 11.8 Å². The highest BCUT2D eigenvalue weighted by Gasteiger charge is 2.31. The molecular weight excluding hydrogens is 523 g/mol. The third-order valence-electron chi connectivity index (χ3n) is 6.35. The van der Waals surface area contributed by atoms with Gasteiger partial charge in [0.25, 0.3) is 0 Å². The summed E-state index contributed by atoms with van der Waals surface area (Å²) in [6.07, 6.45) is 1.22. The SMILES string of the molecule is CCC(C)NC(=O)C(Cc1ccccc1)N(Cc1ccc(Cl)c(Cl)c1)C(=O)CSCc1ccccc1C. The number of rotatable bonds is 12. The van der Waals surface area contributed by atoms with E-state index < -0.39 is 6.04 Å². The number of hydrogen-bond donors (Lipinski definition) is 1. The Kier molecular flexibility index (Phi) is 11.4. The van der Waals surface area contributed by atoms with Crippen molar-refractivity contribution in [2.45, 2.75) is 58.0 Å². The molecule has 0 saturated carbocycles. The maximum Gasteiger partial charge on any atom is 0.243 e. The maximum absolute atomic E-state index is 13.7. The normalized spacial score (nSPS) is 12.6. The number of nitrogens with zero attached hydrogens (tertiary/aromatic N) is 1. The molecule has 3 aromatic carbocycles. The summed E-state index contributed by atoms with van der Waals surface area (Å²) in [7, 11) is 0. The summed E-state index contributed by atoms with van der Waals surface area (Å²) < 4.78 is 0. The second kappa shape index (κ2) is 14.5. The summed E-state index contributed by atoms with van der Waals surface area (Å²) in [4.78, 5) is 29.0. The van der Waals surface area contributed by atoms with Crippen LogP contribution in [-0.2, 0) is 28.3 Å². The van der Waals surface area contributed by atoms with E-state index in [4.69, 9.17) is 23.2 Å².